The molecule has 0 bridgehead atoms. The molecule has 1 aromatic heterocycles. The first kappa shape index (κ1) is 22.5. The number of fused-ring (bicyclic) bond motifs is 1. The van der Waals surface area contributed by atoms with Crippen molar-refractivity contribution in [2.75, 3.05) is 5.32 Å². The van der Waals surface area contributed by atoms with Gasteiger partial charge >= 0.3 is 6.03 Å². The van der Waals surface area contributed by atoms with E-state index in [1.165, 1.54) is 4.57 Å². The van der Waals surface area contributed by atoms with Gasteiger partial charge in [0.1, 0.15) is 11.9 Å². The van der Waals surface area contributed by atoms with Gasteiger partial charge in [-0.25, -0.2) is 9.78 Å². The van der Waals surface area contributed by atoms with E-state index in [1.54, 1.807) is 49.4 Å². The Labute approximate surface area is 194 Å². The van der Waals surface area contributed by atoms with Crippen molar-refractivity contribution >= 4 is 46.0 Å². The maximum absolute atomic E-state index is 13.3. The van der Waals surface area contributed by atoms with E-state index in [0.29, 0.717) is 45.8 Å². The van der Waals surface area contributed by atoms with Crippen molar-refractivity contribution in [1.29, 1.82) is 0 Å². The Balaban J connectivity index is 1.56. The van der Waals surface area contributed by atoms with Crippen molar-refractivity contribution in [2.24, 2.45) is 0 Å². The summed E-state index contributed by atoms with van der Waals surface area (Å²) >= 11 is 5.84. The summed E-state index contributed by atoms with van der Waals surface area (Å²) < 4.78 is 1.35. The van der Waals surface area contributed by atoms with Crippen LogP contribution in [0.25, 0.3) is 10.9 Å². The number of carbonyl (C=O) groups excluding carboxylic acids is 3. The zero-order valence-corrected chi connectivity index (χ0v) is 18.6. The summed E-state index contributed by atoms with van der Waals surface area (Å²) in [6, 6.07) is 10.7. The van der Waals surface area contributed by atoms with Crippen molar-refractivity contribution in [3.05, 3.63) is 69.2 Å². The van der Waals surface area contributed by atoms with Gasteiger partial charge in [-0.1, -0.05) is 17.7 Å². The molecule has 1 fully saturated rings. The molecular formula is C23H22ClN5O4. The van der Waals surface area contributed by atoms with Crippen LogP contribution in [0.2, 0.25) is 5.02 Å². The van der Waals surface area contributed by atoms with Crippen molar-refractivity contribution in [3.63, 3.8) is 0 Å². The molecule has 1 atom stereocenters. The summed E-state index contributed by atoms with van der Waals surface area (Å²) in [4.78, 5) is 54.1. The van der Waals surface area contributed by atoms with Crippen LogP contribution in [-0.2, 0) is 16.1 Å². The molecule has 0 aliphatic carbocycles. The minimum absolute atomic E-state index is 0.182. The first-order chi connectivity index (χ1) is 15.8. The highest BCUT2D eigenvalue weighted by atomic mass is 35.5. The molecule has 1 unspecified atom stereocenters. The molecule has 3 N–H and O–H groups in total. The standard InChI is InChI=1S/C23H22ClN5O4/c1-13-26-18-10-5-14(12-25-23(33)27-16-8-6-15(24)7-9-16)11-17(18)22(32)29(13)19-3-2-4-20(30)28-21(19)31/h5-11,19H,2-4,12H2,1H3,(H2,25,27,33)(H,28,30,31). The maximum Gasteiger partial charge on any atom is 0.319 e. The number of aryl methyl sites for hydroxylation is 1. The van der Waals surface area contributed by atoms with Gasteiger partial charge in [0, 0.05) is 23.7 Å². The van der Waals surface area contributed by atoms with Crippen LogP contribution < -0.4 is 21.5 Å². The van der Waals surface area contributed by atoms with Gasteiger partial charge in [0.05, 0.1) is 10.9 Å². The lowest BCUT2D eigenvalue weighted by Crippen LogP contribution is -2.39. The van der Waals surface area contributed by atoms with Crippen LogP contribution in [0.5, 0.6) is 0 Å². The van der Waals surface area contributed by atoms with Gasteiger partial charge in [-0.2, -0.15) is 0 Å². The van der Waals surface area contributed by atoms with E-state index in [2.05, 4.69) is 20.9 Å². The SMILES string of the molecule is Cc1nc2ccc(CNC(=O)Nc3ccc(Cl)cc3)cc2c(=O)n1C1CCCC(=O)NC1=O. The zero-order valence-electron chi connectivity index (χ0n) is 17.9. The molecule has 2 aromatic carbocycles. The van der Waals surface area contributed by atoms with Crippen LogP contribution >= 0.6 is 11.6 Å². The Morgan fingerprint density at radius 3 is 2.70 bits per heavy atom. The number of rotatable bonds is 4. The van der Waals surface area contributed by atoms with Gasteiger partial charge in [-0.05, 0) is 61.7 Å². The molecule has 1 saturated heterocycles. The number of urea groups is 1. The molecule has 0 radical (unpaired) electrons. The summed E-state index contributed by atoms with van der Waals surface area (Å²) in [7, 11) is 0. The van der Waals surface area contributed by atoms with Crippen LogP contribution in [0.1, 0.15) is 36.7 Å². The number of anilines is 1. The largest absolute Gasteiger partial charge is 0.334 e. The topological polar surface area (TPSA) is 122 Å². The van der Waals surface area contributed by atoms with Crippen molar-refractivity contribution in [2.45, 2.75) is 38.8 Å². The fourth-order valence-corrected chi connectivity index (χ4v) is 3.97. The highest BCUT2D eigenvalue weighted by Gasteiger charge is 2.28. The average molecular weight is 468 g/mol. The molecule has 0 spiro atoms. The molecule has 1 aliphatic heterocycles. The zero-order chi connectivity index (χ0) is 23.5. The molecule has 0 saturated carbocycles. The molecule has 2 heterocycles. The van der Waals surface area contributed by atoms with Gasteiger partial charge in [0.15, 0.2) is 0 Å². The fraction of sp³-hybridized carbons (Fsp3) is 0.261. The number of nitrogens with zero attached hydrogens (tertiary/aromatic N) is 2. The predicted octanol–water partition coefficient (Wildman–Crippen LogP) is 3.05. The normalized spacial score (nSPS) is 16.2. The number of hydrogen-bond donors (Lipinski definition) is 3. The van der Waals surface area contributed by atoms with Gasteiger partial charge in [-0.15, -0.1) is 0 Å². The maximum atomic E-state index is 13.3. The summed E-state index contributed by atoms with van der Waals surface area (Å²) in [5, 5.41) is 8.68. The van der Waals surface area contributed by atoms with Crippen LogP contribution in [0.3, 0.4) is 0 Å². The van der Waals surface area contributed by atoms with Crippen LogP contribution in [0.15, 0.2) is 47.3 Å². The Kier molecular flexibility index (Phi) is 6.41. The summed E-state index contributed by atoms with van der Waals surface area (Å²) in [5.74, 6) is -0.442. The number of nitrogens with one attached hydrogen (secondary N) is 3. The van der Waals surface area contributed by atoms with E-state index in [4.69, 9.17) is 11.6 Å². The van der Waals surface area contributed by atoms with E-state index in [1.807, 2.05) is 0 Å². The van der Waals surface area contributed by atoms with E-state index in [9.17, 15) is 19.2 Å². The highest BCUT2D eigenvalue weighted by Crippen LogP contribution is 2.20. The van der Waals surface area contributed by atoms with Crippen LogP contribution in [-0.4, -0.2) is 27.4 Å². The van der Waals surface area contributed by atoms with E-state index in [-0.39, 0.29) is 24.4 Å². The van der Waals surface area contributed by atoms with Crippen molar-refractivity contribution in [3.8, 4) is 0 Å². The monoisotopic (exact) mass is 467 g/mol. The quantitative estimate of drug-likeness (QED) is 0.509. The molecule has 170 valence electrons. The number of amides is 4. The molecule has 4 rings (SSSR count). The number of imide groups is 1. The Morgan fingerprint density at radius 2 is 1.94 bits per heavy atom. The fourth-order valence-electron chi connectivity index (χ4n) is 3.84. The lowest BCUT2D eigenvalue weighted by Gasteiger charge is -2.19. The van der Waals surface area contributed by atoms with E-state index < -0.39 is 18.0 Å². The second kappa shape index (κ2) is 9.41. The molecule has 9 nitrogen and oxygen atoms in total. The van der Waals surface area contributed by atoms with E-state index >= 15 is 0 Å². The molecule has 4 amide bonds. The summed E-state index contributed by atoms with van der Waals surface area (Å²) in [5.41, 5.74) is 1.43. The Bertz CT molecular complexity index is 1300. The number of hydrogen-bond acceptors (Lipinski definition) is 5. The van der Waals surface area contributed by atoms with Gasteiger partial charge < -0.3 is 10.6 Å². The third-order valence-corrected chi connectivity index (χ3v) is 5.71. The molecule has 33 heavy (non-hydrogen) atoms. The van der Waals surface area contributed by atoms with Gasteiger partial charge in [-0.3, -0.25) is 24.3 Å². The first-order valence-electron chi connectivity index (χ1n) is 10.5. The molecule has 10 heteroatoms. The number of aromatic nitrogens is 2. The molecular weight excluding hydrogens is 446 g/mol. The first-order valence-corrected chi connectivity index (χ1v) is 10.9. The minimum Gasteiger partial charge on any atom is -0.334 e. The average Bonchev–Trinajstić information content (AvgIpc) is 2.94. The number of carbonyl (C=O) groups is 3. The Morgan fingerprint density at radius 1 is 1.18 bits per heavy atom. The summed E-state index contributed by atoms with van der Waals surface area (Å²) in [6.45, 7) is 1.85. The van der Waals surface area contributed by atoms with Gasteiger partial charge in [0.2, 0.25) is 11.8 Å². The van der Waals surface area contributed by atoms with Gasteiger partial charge in [0.25, 0.3) is 5.56 Å². The lowest BCUT2D eigenvalue weighted by molar-refractivity contribution is -0.131. The van der Waals surface area contributed by atoms with Crippen molar-refractivity contribution < 1.29 is 14.4 Å². The molecule has 3 aromatic rings. The smallest absolute Gasteiger partial charge is 0.319 e. The van der Waals surface area contributed by atoms with Crippen LogP contribution in [0.4, 0.5) is 10.5 Å². The van der Waals surface area contributed by atoms with Crippen LogP contribution in [0, 0.1) is 6.92 Å². The number of halogens is 1. The Hall–Kier alpha value is -3.72. The second-order valence-corrected chi connectivity index (χ2v) is 8.26. The number of benzene rings is 2. The second-order valence-electron chi connectivity index (χ2n) is 7.82. The summed E-state index contributed by atoms with van der Waals surface area (Å²) in [6.07, 6.45) is 1.11. The lowest BCUT2D eigenvalue weighted by atomic mass is 10.1. The van der Waals surface area contributed by atoms with E-state index in [0.717, 1.165) is 0 Å². The highest BCUT2D eigenvalue weighted by molar-refractivity contribution is 6.30. The predicted molar refractivity (Wildman–Crippen MR) is 124 cm³/mol. The third kappa shape index (κ3) is 5.04. The third-order valence-electron chi connectivity index (χ3n) is 5.45. The van der Waals surface area contributed by atoms with Crippen molar-refractivity contribution in [1.82, 2.24) is 20.2 Å². The molecule has 1 aliphatic rings. The minimum atomic E-state index is -0.798.